The molecule has 1 aliphatic heterocycles. The first kappa shape index (κ1) is 16.8. The SMILES string of the molecule is CS(=O)(=O)c1ccc(N2CCCCC2)cc1NN=C(C#N)C#N. The van der Waals surface area contributed by atoms with E-state index in [4.69, 9.17) is 10.5 Å². The van der Waals surface area contributed by atoms with Crippen molar-refractivity contribution < 1.29 is 8.42 Å². The molecular formula is C15H17N5O2S. The molecular weight excluding hydrogens is 314 g/mol. The summed E-state index contributed by atoms with van der Waals surface area (Å²) < 4.78 is 23.8. The molecule has 0 atom stereocenters. The third kappa shape index (κ3) is 4.21. The van der Waals surface area contributed by atoms with Gasteiger partial charge in [0.1, 0.15) is 12.1 Å². The van der Waals surface area contributed by atoms with Crippen LogP contribution in [0.25, 0.3) is 0 Å². The molecule has 23 heavy (non-hydrogen) atoms. The molecule has 1 N–H and O–H groups in total. The number of nitriles is 2. The summed E-state index contributed by atoms with van der Waals surface area (Å²) in [6.45, 7) is 1.84. The maximum atomic E-state index is 11.9. The summed E-state index contributed by atoms with van der Waals surface area (Å²) in [7, 11) is -3.46. The van der Waals surface area contributed by atoms with Gasteiger partial charge >= 0.3 is 0 Å². The lowest BCUT2D eigenvalue weighted by atomic mass is 10.1. The van der Waals surface area contributed by atoms with Crippen LogP contribution < -0.4 is 10.3 Å². The van der Waals surface area contributed by atoms with E-state index in [9.17, 15) is 8.42 Å². The Kier molecular flexibility index (Phi) is 5.20. The zero-order valence-electron chi connectivity index (χ0n) is 12.8. The van der Waals surface area contributed by atoms with Crippen LogP contribution in [0.3, 0.4) is 0 Å². The van der Waals surface area contributed by atoms with Gasteiger partial charge in [0, 0.05) is 25.0 Å². The molecule has 120 valence electrons. The second kappa shape index (κ2) is 7.12. The van der Waals surface area contributed by atoms with Crippen LogP contribution in [-0.4, -0.2) is 33.5 Å². The van der Waals surface area contributed by atoms with Crippen LogP contribution in [0.1, 0.15) is 19.3 Å². The third-order valence-electron chi connectivity index (χ3n) is 3.58. The minimum absolute atomic E-state index is 0.0808. The minimum Gasteiger partial charge on any atom is -0.371 e. The zero-order chi connectivity index (χ0) is 16.9. The molecule has 0 spiro atoms. The summed E-state index contributed by atoms with van der Waals surface area (Å²) >= 11 is 0. The number of piperidine rings is 1. The van der Waals surface area contributed by atoms with Crippen molar-refractivity contribution in [3.05, 3.63) is 18.2 Å². The Bertz CT molecular complexity index is 780. The first-order valence-electron chi connectivity index (χ1n) is 7.18. The molecule has 0 saturated carbocycles. The maximum absolute atomic E-state index is 11.9. The van der Waals surface area contributed by atoms with Crippen LogP contribution in [0.5, 0.6) is 0 Å². The van der Waals surface area contributed by atoms with E-state index in [0.717, 1.165) is 37.9 Å². The number of anilines is 2. The van der Waals surface area contributed by atoms with Crippen molar-refractivity contribution in [1.29, 1.82) is 10.5 Å². The van der Waals surface area contributed by atoms with Gasteiger partial charge in [0.15, 0.2) is 9.84 Å². The van der Waals surface area contributed by atoms with Crippen molar-refractivity contribution in [3.63, 3.8) is 0 Å². The van der Waals surface area contributed by atoms with Gasteiger partial charge in [-0.1, -0.05) is 0 Å². The fraction of sp³-hybridized carbons (Fsp3) is 0.400. The van der Waals surface area contributed by atoms with E-state index in [-0.39, 0.29) is 16.3 Å². The zero-order valence-corrected chi connectivity index (χ0v) is 13.6. The third-order valence-corrected chi connectivity index (χ3v) is 4.74. The molecule has 7 nitrogen and oxygen atoms in total. The Morgan fingerprint density at radius 3 is 2.43 bits per heavy atom. The second-order valence-electron chi connectivity index (χ2n) is 5.30. The highest BCUT2D eigenvalue weighted by atomic mass is 32.2. The Hall–Kier alpha value is -2.58. The monoisotopic (exact) mass is 331 g/mol. The molecule has 1 aromatic carbocycles. The largest absolute Gasteiger partial charge is 0.371 e. The average Bonchev–Trinajstić information content (AvgIpc) is 2.55. The first-order valence-corrected chi connectivity index (χ1v) is 9.08. The van der Waals surface area contributed by atoms with Gasteiger partial charge in [-0.05, 0) is 37.5 Å². The van der Waals surface area contributed by atoms with Crippen molar-refractivity contribution in [2.75, 3.05) is 29.7 Å². The molecule has 0 aliphatic carbocycles. The Morgan fingerprint density at radius 1 is 1.22 bits per heavy atom. The fourth-order valence-electron chi connectivity index (χ4n) is 2.47. The maximum Gasteiger partial charge on any atom is 0.237 e. The molecule has 1 aromatic rings. The number of rotatable bonds is 4. The lowest BCUT2D eigenvalue weighted by molar-refractivity contribution is 0.577. The second-order valence-corrected chi connectivity index (χ2v) is 7.28. The molecule has 1 aliphatic rings. The van der Waals surface area contributed by atoms with E-state index in [0.29, 0.717) is 0 Å². The van der Waals surface area contributed by atoms with Gasteiger partial charge in [-0.2, -0.15) is 15.6 Å². The summed E-state index contributed by atoms with van der Waals surface area (Å²) in [6.07, 6.45) is 4.50. The topological polar surface area (TPSA) is 109 Å². The van der Waals surface area contributed by atoms with E-state index in [1.54, 1.807) is 24.3 Å². The van der Waals surface area contributed by atoms with E-state index >= 15 is 0 Å². The molecule has 0 aromatic heterocycles. The van der Waals surface area contributed by atoms with Gasteiger partial charge in [0.05, 0.1) is 10.6 Å². The van der Waals surface area contributed by atoms with Crippen molar-refractivity contribution in [1.82, 2.24) is 0 Å². The van der Waals surface area contributed by atoms with Crippen molar-refractivity contribution in [2.24, 2.45) is 5.10 Å². The summed E-state index contributed by atoms with van der Waals surface area (Å²) in [6, 6.07) is 8.23. The number of nitrogens with zero attached hydrogens (tertiary/aromatic N) is 4. The molecule has 1 fully saturated rings. The summed E-state index contributed by atoms with van der Waals surface area (Å²) in [4.78, 5) is 2.26. The fourth-order valence-corrected chi connectivity index (χ4v) is 3.29. The van der Waals surface area contributed by atoms with E-state index < -0.39 is 9.84 Å². The van der Waals surface area contributed by atoms with Gasteiger partial charge in [-0.3, -0.25) is 5.43 Å². The van der Waals surface area contributed by atoms with E-state index in [2.05, 4.69) is 15.4 Å². The van der Waals surface area contributed by atoms with Gasteiger partial charge in [0.2, 0.25) is 5.71 Å². The molecule has 0 unspecified atom stereocenters. The summed E-state index contributed by atoms with van der Waals surface area (Å²) in [5, 5.41) is 21.1. The first-order chi connectivity index (χ1) is 11.0. The lowest BCUT2D eigenvalue weighted by Crippen LogP contribution is -2.29. The molecule has 0 radical (unpaired) electrons. The number of hydrogen-bond donors (Lipinski definition) is 1. The molecule has 1 saturated heterocycles. The summed E-state index contributed by atoms with van der Waals surface area (Å²) in [5.74, 6) is 0. The van der Waals surface area contributed by atoms with Gasteiger partial charge in [-0.25, -0.2) is 8.42 Å². The lowest BCUT2D eigenvalue weighted by Gasteiger charge is -2.29. The highest BCUT2D eigenvalue weighted by Crippen LogP contribution is 2.29. The Labute approximate surface area is 135 Å². The quantitative estimate of drug-likeness (QED) is 0.666. The van der Waals surface area contributed by atoms with Crippen LogP contribution in [0.2, 0.25) is 0 Å². The van der Waals surface area contributed by atoms with Gasteiger partial charge in [-0.15, -0.1) is 0 Å². The van der Waals surface area contributed by atoms with Crippen LogP contribution in [-0.2, 0) is 9.84 Å². The molecule has 8 heteroatoms. The highest BCUT2D eigenvalue weighted by Gasteiger charge is 2.17. The summed E-state index contributed by atoms with van der Waals surface area (Å²) in [5.41, 5.74) is 3.33. The highest BCUT2D eigenvalue weighted by molar-refractivity contribution is 7.90. The van der Waals surface area contributed by atoms with Crippen molar-refractivity contribution in [2.45, 2.75) is 24.2 Å². The van der Waals surface area contributed by atoms with E-state index in [1.165, 1.54) is 12.5 Å². The van der Waals surface area contributed by atoms with Crippen LogP contribution in [0.15, 0.2) is 28.2 Å². The van der Waals surface area contributed by atoms with Gasteiger partial charge < -0.3 is 4.90 Å². The van der Waals surface area contributed by atoms with Crippen molar-refractivity contribution >= 4 is 26.9 Å². The van der Waals surface area contributed by atoms with Crippen LogP contribution >= 0.6 is 0 Å². The predicted molar refractivity (Wildman–Crippen MR) is 87.9 cm³/mol. The number of benzene rings is 1. The molecule has 0 amide bonds. The average molecular weight is 331 g/mol. The Balaban J connectivity index is 2.40. The van der Waals surface area contributed by atoms with Crippen LogP contribution in [0.4, 0.5) is 11.4 Å². The number of hydrazone groups is 1. The predicted octanol–water partition coefficient (Wildman–Crippen LogP) is 1.90. The number of sulfone groups is 1. The smallest absolute Gasteiger partial charge is 0.237 e. The normalized spacial score (nSPS) is 14.5. The standard InChI is InChI=1S/C15H17N5O2S/c1-23(21,22)15-6-5-13(20-7-3-2-4-8-20)9-14(15)19-18-12(10-16)11-17/h5-6,9,19H,2-4,7-8H2,1H3. The van der Waals surface area contributed by atoms with Gasteiger partial charge in [0.25, 0.3) is 0 Å². The van der Waals surface area contributed by atoms with Crippen LogP contribution in [0, 0.1) is 22.7 Å². The van der Waals surface area contributed by atoms with E-state index in [1.807, 2.05) is 0 Å². The Morgan fingerprint density at radius 2 is 1.87 bits per heavy atom. The number of nitrogens with one attached hydrogen (secondary N) is 1. The molecule has 0 bridgehead atoms. The minimum atomic E-state index is -3.46. The molecule has 1 heterocycles. The van der Waals surface area contributed by atoms with Crippen molar-refractivity contribution in [3.8, 4) is 12.1 Å². The molecule has 2 rings (SSSR count). The number of hydrogen-bond acceptors (Lipinski definition) is 7.